The van der Waals surface area contributed by atoms with Gasteiger partial charge in [0, 0.05) is 24.5 Å². The van der Waals surface area contributed by atoms with Crippen molar-refractivity contribution in [2.24, 2.45) is 0 Å². The van der Waals surface area contributed by atoms with Crippen molar-refractivity contribution in [1.82, 2.24) is 10.3 Å². The number of aromatic nitrogens is 1. The molecule has 84 valence electrons. The number of amides is 1. The van der Waals surface area contributed by atoms with Crippen LogP contribution in [0.25, 0.3) is 6.08 Å². The molecule has 1 aromatic heterocycles. The lowest BCUT2D eigenvalue weighted by Gasteiger charge is -2.31. The summed E-state index contributed by atoms with van der Waals surface area (Å²) in [7, 11) is 0. The van der Waals surface area contributed by atoms with Gasteiger partial charge in [0.2, 0.25) is 5.91 Å². The van der Waals surface area contributed by atoms with Crippen LogP contribution in [0.4, 0.5) is 0 Å². The third-order valence-electron chi connectivity index (χ3n) is 2.57. The van der Waals surface area contributed by atoms with E-state index in [1.807, 2.05) is 12.1 Å². The highest BCUT2D eigenvalue weighted by Crippen LogP contribution is 2.19. The summed E-state index contributed by atoms with van der Waals surface area (Å²) in [5, 5.41) is 11.9. The predicted molar refractivity (Wildman–Crippen MR) is 60.4 cm³/mol. The smallest absolute Gasteiger partial charge is 0.244 e. The van der Waals surface area contributed by atoms with Gasteiger partial charge in [-0.15, -0.1) is 0 Å². The minimum atomic E-state index is -0.243. The van der Waals surface area contributed by atoms with E-state index in [4.69, 9.17) is 5.11 Å². The molecular weight excluding hydrogens is 204 g/mol. The summed E-state index contributed by atoms with van der Waals surface area (Å²) in [6, 6.07) is 3.82. The Labute approximate surface area is 94.0 Å². The fourth-order valence-electron chi connectivity index (χ4n) is 1.60. The number of hydrogen-bond acceptors (Lipinski definition) is 3. The molecule has 16 heavy (non-hydrogen) atoms. The second-order valence-corrected chi connectivity index (χ2v) is 3.95. The van der Waals surface area contributed by atoms with Gasteiger partial charge in [0.05, 0.1) is 6.10 Å². The molecule has 0 spiro atoms. The molecule has 4 heteroatoms. The van der Waals surface area contributed by atoms with E-state index < -0.39 is 0 Å². The summed E-state index contributed by atoms with van der Waals surface area (Å²) in [5.74, 6) is -0.124. The van der Waals surface area contributed by atoms with Crippen molar-refractivity contribution in [3.05, 3.63) is 36.2 Å². The number of hydrogen-bond donors (Lipinski definition) is 2. The van der Waals surface area contributed by atoms with E-state index in [0.717, 1.165) is 5.56 Å². The van der Waals surface area contributed by atoms with Crippen LogP contribution in [-0.4, -0.2) is 28.1 Å². The molecule has 0 aromatic carbocycles. The van der Waals surface area contributed by atoms with Crippen molar-refractivity contribution in [2.75, 3.05) is 0 Å². The molecule has 0 atom stereocenters. The highest BCUT2D eigenvalue weighted by Gasteiger charge is 2.27. The summed E-state index contributed by atoms with van der Waals surface area (Å²) in [6.07, 6.45) is 7.66. The molecule has 1 aliphatic carbocycles. The molecule has 1 saturated carbocycles. The van der Waals surface area contributed by atoms with Gasteiger partial charge in [0.25, 0.3) is 0 Å². The van der Waals surface area contributed by atoms with Crippen LogP contribution in [0.2, 0.25) is 0 Å². The van der Waals surface area contributed by atoms with Crippen LogP contribution >= 0.6 is 0 Å². The normalized spacial score (nSPS) is 24.1. The lowest BCUT2D eigenvalue weighted by atomic mass is 9.89. The number of nitrogens with zero attached hydrogens (tertiary/aromatic N) is 1. The SMILES string of the molecule is O=C(C=Cc1cccnc1)NC1CC(O)C1. The van der Waals surface area contributed by atoms with Crippen LogP contribution in [0.3, 0.4) is 0 Å². The first kappa shape index (κ1) is 10.8. The van der Waals surface area contributed by atoms with Crippen LogP contribution in [0, 0.1) is 0 Å². The van der Waals surface area contributed by atoms with Gasteiger partial charge in [0.15, 0.2) is 0 Å². The largest absolute Gasteiger partial charge is 0.393 e. The second kappa shape index (κ2) is 4.90. The molecule has 2 rings (SSSR count). The number of pyridine rings is 1. The number of carbonyl (C=O) groups excluding carboxylic acids is 1. The fourth-order valence-corrected chi connectivity index (χ4v) is 1.60. The first-order valence-corrected chi connectivity index (χ1v) is 5.31. The molecular formula is C12H14N2O2. The van der Waals surface area contributed by atoms with E-state index in [9.17, 15) is 4.79 Å². The average molecular weight is 218 g/mol. The molecule has 4 nitrogen and oxygen atoms in total. The van der Waals surface area contributed by atoms with E-state index >= 15 is 0 Å². The van der Waals surface area contributed by atoms with Gasteiger partial charge < -0.3 is 10.4 Å². The monoisotopic (exact) mass is 218 g/mol. The molecule has 1 aromatic rings. The maximum absolute atomic E-state index is 11.4. The topological polar surface area (TPSA) is 62.2 Å². The fraction of sp³-hybridized carbons (Fsp3) is 0.333. The van der Waals surface area contributed by atoms with Crippen LogP contribution in [0.15, 0.2) is 30.6 Å². The zero-order valence-corrected chi connectivity index (χ0v) is 8.84. The third-order valence-corrected chi connectivity index (χ3v) is 2.57. The highest BCUT2D eigenvalue weighted by molar-refractivity contribution is 5.91. The van der Waals surface area contributed by atoms with Crippen molar-refractivity contribution in [3.8, 4) is 0 Å². The Morgan fingerprint density at radius 2 is 2.38 bits per heavy atom. The van der Waals surface area contributed by atoms with E-state index in [-0.39, 0.29) is 18.1 Å². The molecule has 2 N–H and O–H groups in total. The van der Waals surface area contributed by atoms with E-state index in [2.05, 4.69) is 10.3 Å². The molecule has 0 unspecified atom stereocenters. The van der Waals surface area contributed by atoms with Crippen LogP contribution in [0.1, 0.15) is 18.4 Å². The zero-order valence-electron chi connectivity index (χ0n) is 8.84. The first-order chi connectivity index (χ1) is 7.74. The minimum Gasteiger partial charge on any atom is -0.393 e. The molecule has 1 heterocycles. The average Bonchev–Trinajstić information content (AvgIpc) is 2.26. The molecule has 0 aliphatic heterocycles. The predicted octanol–water partition coefficient (Wildman–Crippen LogP) is 0.734. The number of rotatable bonds is 3. The van der Waals surface area contributed by atoms with Gasteiger partial charge in [-0.05, 0) is 30.5 Å². The van der Waals surface area contributed by atoms with Crippen molar-refractivity contribution >= 4 is 12.0 Å². The summed E-state index contributed by atoms with van der Waals surface area (Å²) in [4.78, 5) is 15.4. The summed E-state index contributed by atoms with van der Waals surface area (Å²) in [5.41, 5.74) is 0.895. The molecule has 1 fully saturated rings. The van der Waals surface area contributed by atoms with Crippen molar-refractivity contribution in [2.45, 2.75) is 25.0 Å². The Balaban J connectivity index is 1.81. The van der Waals surface area contributed by atoms with Gasteiger partial charge in [0.1, 0.15) is 0 Å². The van der Waals surface area contributed by atoms with Gasteiger partial charge in [-0.25, -0.2) is 0 Å². The number of nitrogens with one attached hydrogen (secondary N) is 1. The Bertz CT molecular complexity index is 383. The molecule has 0 bridgehead atoms. The summed E-state index contributed by atoms with van der Waals surface area (Å²) in [6.45, 7) is 0. The molecule has 0 saturated heterocycles. The Kier molecular flexibility index (Phi) is 3.31. The van der Waals surface area contributed by atoms with Crippen LogP contribution < -0.4 is 5.32 Å². The maximum atomic E-state index is 11.4. The first-order valence-electron chi connectivity index (χ1n) is 5.31. The molecule has 0 radical (unpaired) electrons. The standard InChI is InChI=1S/C12H14N2O2/c15-11-6-10(7-11)14-12(16)4-3-9-2-1-5-13-8-9/h1-5,8,10-11,15H,6-7H2,(H,14,16). The van der Waals surface area contributed by atoms with Crippen molar-refractivity contribution in [3.63, 3.8) is 0 Å². The Morgan fingerprint density at radius 3 is 3.00 bits per heavy atom. The van der Waals surface area contributed by atoms with E-state index in [0.29, 0.717) is 12.8 Å². The number of aliphatic hydroxyl groups is 1. The Hall–Kier alpha value is -1.68. The zero-order chi connectivity index (χ0) is 11.4. The lowest BCUT2D eigenvalue weighted by Crippen LogP contribution is -2.46. The molecule has 1 amide bonds. The quantitative estimate of drug-likeness (QED) is 0.735. The third kappa shape index (κ3) is 2.90. The lowest BCUT2D eigenvalue weighted by molar-refractivity contribution is -0.118. The van der Waals surface area contributed by atoms with Gasteiger partial charge in [-0.2, -0.15) is 0 Å². The van der Waals surface area contributed by atoms with Crippen molar-refractivity contribution < 1.29 is 9.90 Å². The Morgan fingerprint density at radius 1 is 1.56 bits per heavy atom. The summed E-state index contributed by atoms with van der Waals surface area (Å²) < 4.78 is 0. The van der Waals surface area contributed by atoms with Crippen LogP contribution in [-0.2, 0) is 4.79 Å². The van der Waals surface area contributed by atoms with Gasteiger partial charge >= 0.3 is 0 Å². The summed E-state index contributed by atoms with van der Waals surface area (Å²) >= 11 is 0. The van der Waals surface area contributed by atoms with Crippen molar-refractivity contribution in [1.29, 1.82) is 0 Å². The van der Waals surface area contributed by atoms with Gasteiger partial charge in [-0.1, -0.05) is 6.07 Å². The van der Waals surface area contributed by atoms with Gasteiger partial charge in [-0.3, -0.25) is 9.78 Å². The molecule has 1 aliphatic rings. The number of aliphatic hydroxyl groups excluding tert-OH is 1. The van der Waals surface area contributed by atoms with E-state index in [1.165, 1.54) is 6.08 Å². The van der Waals surface area contributed by atoms with E-state index in [1.54, 1.807) is 18.5 Å². The minimum absolute atomic E-state index is 0.124. The second-order valence-electron chi connectivity index (χ2n) is 3.95. The number of carbonyl (C=O) groups is 1. The highest BCUT2D eigenvalue weighted by atomic mass is 16.3. The maximum Gasteiger partial charge on any atom is 0.244 e. The van der Waals surface area contributed by atoms with Crippen LogP contribution in [0.5, 0.6) is 0 Å².